The minimum atomic E-state index is -5.27. The van der Waals surface area contributed by atoms with Gasteiger partial charge in [0.1, 0.15) is 18.3 Å². The van der Waals surface area contributed by atoms with E-state index in [0.29, 0.717) is 10.1 Å². The fraction of sp³-hybridized carbons (Fsp3) is 0.632. The number of H-pyrrole nitrogens is 1. The number of rotatable bonds is 9. The van der Waals surface area contributed by atoms with Gasteiger partial charge in [0, 0.05) is 17.7 Å². The van der Waals surface area contributed by atoms with E-state index in [1.165, 1.54) is 6.08 Å². The maximum absolute atomic E-state index is 13.2. The summed E-state index contributed by atoms with van der Waals surface area (Å²) in [7, 11) is -15.0. The lowest BCUT2D eigenvalue weighted by Gasteiger charge is -2.28. The molecular weight excluding hydrogens is 630 g/mol. The van der Waals surface area contributed by atoms with Crippen LogP contribution in [0.25, 0.3) is 0 Å². The Kier molecular flexibility index (Phi) is 9.95. The van der Waals surface area contributed by atoms with Gasteiger partial charge in [-0.1, -0.05) is 11.6 Å². The van der Waals surface area contributed by atoms with Crippen LogP contribution in [0.5, 0.6) is 0 Å². The van der Waals surface area contributed by atoms with Crippen LogP contribution in [-0.2, 0) is 42.8 Å². The van der Waals surface area contributed by atoms with Gasteiger partial charge < -0.3 is 29.3 Å². The SMILES string of the molecule is CC(C)=CCC(Cc1cn([C@@H]2O[C@H](COP3(=O)CP(=O)(O)OP(=O)(O)O3)C(O)C2O)c(=O)[nH]c1=O)C(=O)C(F)(F)F. The zero-order chi connectivity index (χ0) is 31.1. The summed E-state index contributed by atoms with van der Waals surface area (Å²) in [5, 5.41) is 20.8. The van der Waals surface area contributed by atoms with E-state index in [4.69, 9.17) is 9.26 Å². The molecule has 2 saturated heterocycles. The number of aromatic amines is 1. The number of hydrogen-bond acceptors (Lipinski definition) is 12. The minimum Gasteiger partial charge on any atom is -0.387 e. The summed E-state index contributed by atoms with van der Waals surface area (Å²) >= 11 is 0. The molecule has 1 aromatic rings. The van der Waals surface area contributed by atoms with Crippen molar-refractivity contribution in [3.8, 4) is 0 Å². The Labute approximate surface area is 228 Å². The van der Waals surface area contributed by atoms with Gasteiger partial charge >= 0.3 is 34.9 Å². The van der Waals surface area contributed by atoms with E-state index < -0.39 is 101 Å². The van der Waals surface area contributed by atoms with Crippen molar-refractivity contribution in [1.29, 1.82) is 0 Å². The zero-order valence-corrected chi connectivity index (χ0v) is 23.8. The van der Waals surface area contributed by atoms with Gasteiger partial charge in [-0.25, -0.2) is 18.0 Å². The number of halogens is 3. The number of alkyl halides is 3. The van der Waals surface area contributed by atoms with Gasteiger partial charge in [0.15, 0.2) is 12.1 Å². The normalized spacial score (nSPS) is 34.8. The van der Waals surface area contributed by atoms with Crippen LogP contribution in [-0.4, -0.2) is 72.3 Å². The van der Waals surface area contributed by atoms with Gasteiger partial charge in [-0.05, 0) is 26.7 Å². The third kappa shape index (κ3) is 8.42. The van der Waals surface area contributed by atoms with E-state index in [-0.39, 0.29) is 6.42 Å². The molecule has 0 saturated carbocycles. The Morgan fingerprint density at radius 1 is 1.20 bits per heavy atom. The molecule has 22 heteroatoms. The van der Waals surface area contributed by atoms with E-state index in [0.717, 1.165) is 6.20 Å². The van der Waals surface area contributed by atoms with Crippen molar-refractivity contribution < 1.29 is 69.5 Å². The summed E-state index contributed by atoms with van der Waals surface area (Å²) in [6.45, 7) is 2.19. The fourth-order valence-electron chi connectivity index (χ4n) is 3.97. The average Bonchev–Trinajstić information content (AvgIpc) is 3.06. The van der Waals surface area contributed by atoms with Crippen LogP contribution < -0.4 is 11.2 Å². The number of Topliss-reactive ketones (excluding diaryl/α,β-unsaturated/α-hetero) is 1. The first-order chi connectivity index (χ1) is 18.6. The number of hydrogen-bond donors (Lipinski definition) is 5. The molecular formula is C19H26F3N2O14P3. The van der Waals surface area contributed by atoms with Gasteiger partial charge in [-0.2, -0.15) is 13.2 Å². The van der Waals surface area contributed by atoms with Gasteiger partial charge in [0.2, 0.25) is 5.78 Å². The predicted octanol–water partition coefficient (Wildman–Crippen LogP) is 1.30. The number of phosphoric acid groups is 1. The summed E-state index contributed by atoms with van der Waals surface area (Å²) in [5.41, 5.74) is -2.20. The van der Waals surface area contributed by atoms with Crippen LogP contribution in [0.1, 0.15) is 32.1 Å². The van der Waals surface area contributed by atoms with Crippen LogP contribution in [0, 0.1) is 5.92 Å². The molecule has 2 aliphatic rings. The molecule has 2 aliphatic heterocycles. The number of allylic oxidation sites excluding steroid dienone is 2. The largest absolute Gasteiger partial charge is 0.486 e. The quantitative estimate of drug-likeness (QED) is 0.186. The molecule has 3 rings (SSSR count). The molecule has 5 N–H and O–H groups in total. The van der Waals surface area contributed by atoms with Crippen LogP contribution in [0.15, 0.2) is 27.4 Å². The molecule has 0 radical (unpaired) electrons. The Morgan fingerprint density at radius 3 is 2.39 bits per heavy atom. The van der Waals surface area contributed by atoms with E-state index >= 15 is 0 Å². The number of carbonyl (C=O) groups is 1. The smallest absolute Gasteiger partial charge is 0.387 e. The van der Waals surface area contributed by atoms with Crippen molar-refractivity contribution in [2.24, 2.45) is 5.92 Å². The second-order valence-electron chi connectivity index (χ2n) is 9.46. The number of carbonyl (C=O) groups excluding carboxylic acids is 1. The average molecular weight is 656 g/mol. The predicted molar refractivity (Wildman–Crippen MR) is 130 cm³/mol. The molecule has 16 nitrogen and oxygen atoms in total. The van der Waals surface area contributed by atoms with Gasteiger partial charge in [0.05, 0.1) is 6.61 Å². The number of aliphatic hydroxyl groups is 2. The number of nitrogens with one attached hydrogen (secondary N) is 1. The summed E-state index contributed by atoms with van der Waals surface area (Å²) in [6, 6.07) is 0. The standard InChI is InChI=1S/C19H26F3N2O14P3/c1-9(2)3-4-10(15(27)19(20,21)22)5-11-6-24(18(29)23-16(11)28)17-14(26)13(25)12(36-17)7-35-40(32)8-39(30,31)37-41(33,34)38-40/h3,6,10,12-14,17,25-26H,4-5,7-8H2,1-2H3,(H,30,31)(H,33,34)(H,23,28,29)/t10?,12-,13?,14?,17-,40?/m1/s1. The second kappa shape index (κ2) is 12.1. The molecule has 0 aliphatic carbocycles. The molecule has 2 fully saturated rings. The minimum absolute atomic E-state index is 0.380. The maximum Gasteiger partial charge on any atom is 0.486 e. The Balaban J connectivity index is 1.84. The molecule has 1 aromatic heterocycles. The van der Waals surface area contributed by atoms with Crippen LogP contribution >= 0.6 is 23.0 Å². The molecule has 3 heterocycles. The number of aromatic nitrogens is 2. The highest BCUT2D eigenvalue weighted by atomic mass is 31.3. The van der Waals surface area contributed by atoms with Gasteiger partial charge in [-0.3, -0.25) is 28.3 Å². The first kappa shape index (κ1) is 33.7. The summed E-state index contributed by atoms with van der Waals surface area (Å²) in [6.07, 6.45) is -11.6. The second-order valence-corrected chi connectivity index (χ2v) is 15.6. The lowest BCUT2D eigenvalue weighted by Crippen LogP contribution is -2.40. The Morgan fingerprint density at radius 2 is 1.83 bits per heavy atom. The van der Waals surface area contributed by atoms with Gasteiger partial charge in [-0.15, -0.1) is 0 Å². The van der Waals surface area contributed by atoms with Crippen LogP contribution in [0.4, 0.5) is 13.2 Å². The first-order valence-electron chi connectivity index (χ1n) is 11.5. The molecule has 0 amide bonds. The van der Waals surface area contributed by atoms with Crippen LogP contribution in [0.2, 0.25) is 0 Å². The van der Waals surface area contributed by atoms with Crippen molar-refractivity contribution in [3.63, 3.8) is 0 Å². The summed E-state index contributed by atoms with van der Waals surface area (Å²) < 4.78 is 94.5. The molecule has 232 valence electrons. The summed E-state index contributed by atoms with van der Waals surface area (Å²) in [5.74, 6) is -5.19. The highest BCUT2D eigenvalue weighted by Gasteiger charge is 2.53. The molecule has 8 atom stereocenters. The van der Waals surface area contributed by atoms with Crippen molar-refractivity contribution in [1.82, 2.24) is 9.55 Å². The zero-order valence-electron chi connectivity index (χ0n) is 21.2. The Hall–Kier alpha value is -1.75. The third-order valence-corrected chi connectivity index (χ3v) is 12.9. The summed E-state index contributed by atoms with van der Waals surface area (Å²) in [4.78, 5) is 57.6. The third-order valence-electron chi connectivity index (χ3n) is 5.83. The highest BCUT2D eigenvalue weighted by Crippen LogP contribution is 2.78. The van der Waals surface area contributed by atoms with E-state index in [2.05, 4.69) is 8.62 Å². The number of nitrogens with zero attached hydrogens (tertiary/aromatic N) is 1. The number of ketones is 1. The highest BCUT2D eigenvalue weighted by molar-refractivity contribution is 7.81. The van der Waals surface area contributed by atoms with Crippen molar-refractivity contribution >= 4 is 28.8 Å². The number of aliphatic hydroxyl groups excluding tert-OH is 2. The molecule has 6 unspecified atom stereocenters. The topological polar surface area (TPSA) is 241 Å². The number of ether oxygens (including phenoxy) is 1. The lowest BCUT2D eigenvalue weighted by molar-refractivity contribution is -0.175. The van der Waals surface area contributed by atoms with Crippen molar-refractivity contribution in [2.75, 3.05) is 12.5 Å². The van der Waals surface area contributed by atoms with Gasteiger partial charge in [0.25, 0.3) is 5.56 Å². The van der Waals surface area contributed by atoms with E-state index in [1.54, 1.807) is 13.8 Å². The molecule has 0 spiro atoms. The van der Waals surface area contributed by atoms with Crippen molar-refractivity contribution in [2.45, 2.75) is 57.4 Å². The Bertz CT molecular complexity index is 1440. The van der Waals surface area contributed by atoms with Crippen LogP contribution in [0.3, 0.4) is 0 Å². The first-order valence-corrected chi connectivity index (χ1v) is 16.5. The van der Waals surface area contributed by atoms with Crippen molar-refractivity contribution in [3.05, 3.63) is 44.2 Å². The van der Waals surface area contributed by atoms with E-state index in [9.17, 15) is 61.2 Å². The monoisotopic (exact) mass is 656 g/mol. The molecule has 41 heavy (non-hydrogen) atoms. The fourth-order valence-corrected chi connectivity index (χ4v) is 10.9. The lowest BCUT2D eigenvalue weighted by atomic mass is 9.92. The molecule has 0 aromatic carbocycles. The van der Waals surface area contributed by atoms with E-state index in [1.807, 2.05) is 4.98 Å². The maximum atomic E-state index is 13.2. The molecule has 0 bridgehead atoms.